The number of terminal acetylenes is 1. The molecular formula is C19H22N4O3. The van der Waals surface area contributed by atoms with Gasteiger partial charge in [-0.05, 0) is 30.2 Å². The number of methoxy groups -OCH3 is 1. The van der Waals surface area contributed by atoms with Crippen LogP contribution in [0.4, 0.5) is 11.4 Å². The van der Waals surface area contributed by atoms with Crippen molar-refractivity contribution in [2.45, 2.75) is 37.8 Å². The highest BCUT2D eigenvalue weighted by molar-refractivity contribution is 5.97. The number of carbonyl (C=O) groups is 2. The lowest BCUT2D eigenvalue weighted by Crippen LogP contribution is -2.31. The number of ether oxygens (including phenoxy) is 1. The van der Waals surface area contributed by atoms with Gasteiger partial charge in [0.1, 0.15) is 6.61 Å². The third-order valence-electron chi connectivity index (χ3n) is 4.63. The van der Waals surface area contributed by atoms with E-state index in [9.17, 15) is 9.59 Å². The Morgan fingerprint density at radius 3 is 2.88 bits per heavy atom. The Labute approximate surface area is 152 Å². The monoisotopic (exact) mass is 354 g/mol. The minimum atomic E-state index is -0.441. The van der Waals surface area contributed by atoms with Gasteiger partial charge < -0.3 is 15.0 Å². The molecule has 2 amide bonds. The molecule has 2 heterocycles. The molecule has 136 valence electrons. The third-order valence-corrected chi connectivity index (χ3v) is 4.63. The molecule has 1 N–H and O–H groups in total. The number of anilines is 2. The molecule has 7 heteroatoms. The van der Waals surface area contributed by atoms with Gasteiger partial charge in [0.25, 0.3) is 5.91 Å². The molecular weight excluding hydrogens is 332 g/mol. The van der Waals surface area contributed by atoms with Gasteiger partial charge in [-0.1, -0.05) is 0 Å². The molecule has 0 unspecified atom stereocenters. The Balaban J connectivity index is 1.54. The van der Waals surface area contributed by atoms with E-state index in [1.807, 2.05) is 18.2 Å². The second kappa shape index (κ2) is 7.67. The van der Waals surface area contributed by atoms with Crippen LogP contribution in [-0.2, 0) is 20.7 Å². The van der Waals surface area contributed by atoms with Crippen molar-refractivity contribution in [3.05, 3.63) is 23.8 Å². The summed E-state index contributed by atoms with van der Waals surface area (Å²) in [5, 5.41) is 11.0. The van der Waals surface area contributed by atoms with Crippen LogP contribution in [0.25, 0.3) is 0 Å². The average Bonchev–Trinajstić information content (AvgIpc) is 3.28. The maximum atomic E-state index is 12.2. The van der Waals surface area contributed by atoms with Crippen LogP contribution in [0.1, 0.15) is 31.2 Å². The molecule has 1 aromatic carbocycles. The summed E-state index contributed by atoms with van der Waals surface area (Å²) in [4.78, 5) is 26.0. The standard InChI is InChI=1S/C19H22N4O3/c1-3-4-9-19(21-22-19)10-7-17(24)20-15-5-6-16-14(12-15)8-11-23(16)18(25)13-26-2/h1,5-6,12H,4,7-11,13H2,2H3,(H,20,24). The zero-order valence-corrected chi connectivity index (χ0v) is 14.8. The normalized spacial score (nSPS) is 16.1. The summed E-state index contributed by atoms with van der Waals surface area (Å²) in [6.45, 7) is 0.699. The van der Waals surface area contributed by atoms with Crippen LogP contribution in [0.2, 0.25) is 0 Å². The number of fused-ring (bicyclic) bond motifs is 1. The summed E-state index contributed by atoms with van der Waals surface area (Å²) in [5.41, 5.74) is 2.22. The van der Waals surface area contributed by atoms with Gasteiger partial charge in [0.2, 0.25) is 5.91 Å². The molecule has 7 nitrogen and oxygen atoms in total. The van der Waals surface area contributed by atoms with Gasteiger partial charge >= 0.3 is 0 Å². The van der Waals surface area contributed by atoms with Crippen LogP contribution in [0.3, 0.4) is 0 Å². The van der Waals surface area contributed by atoms with E-state index in [1.54, 1.807) is 4.90 Å². The summed E-state index contributed by atoms with van der Waals surface area (Å²) in [7, 11) is 1.51. The summed E-state index contributed by atoms with van der Waals surface area (Å²) in [5.74, 6) is 2.44. The summed E-state index contributed by atoms with van der Waals surface area (Å²) >= 11 is 0. The molecule has 0 saturated carbocycles. The quantitative estimate of drug-likeness (QED) is 0.728. The first-order valence-electron chi connectivity index (χ1n) is 8.66. The Hall–Kier alpha value is -2.72. The minimum Gasteiger partial charge on any atom is -0.375 e. The van der Waals surface area contributed by atoms with Crippen LogP contribution in [0, 0.1) is 12.3 Å². The third kappa shape index (κ3) is 4.09. The number of benzene rings is 1. The predicted molar refractivity (Wildman–Crippen MR) is 97.9 cm³/mol. The molecule has 2 aliphatic rings. The van der Waals surface area contributed by atoms with E-state index < -0.39 is 5.66 Å². The maximum absolute atomic E-state index is 12.2. The molecule has 0 atom stereocenters. The highest BCUT2D eigenvalue weighted by Gasteiger charge is 2.39. The molecule has 3 rings (SSSR count). The average molecular weight is 354 g/mol. The van der Waals surface area contributed by atoms with E-state index in [1.165, 1.54) is 7.11 Å². The number of nitrogens with one attached hydrogen (secondary N) is 1. The second-order valence-corrected chi connectivity index (χ2v) is 6.51. The Morgan fingerprint density at radius 1 is 1.38 bits per heavy atom. The van der Waals surface area contributed by atoms with E-state index in [0.717, 1.165) is 23.4 Å². The number of hydrogen-bond donors (Lipinski definition) is 1. The van der Waals surface area contributed by atoms with Gasteiger partial charge in [-0.3, -0.25) is 9.59 Å². The Morgan fingerprint density at radius 2 is 2.19 bits per heavy atom. The minimum absolute atomic E-state index is 0.0581. The van der Waals surface area contributed by atoms with Crippen molar-refractivity contribution >= 4 is 23.2 Å². The van der Waals surface area contributed by atoms with E-state index >= 15 is 0 Å². The molecule has 0 bridgehead atoms. The molecule has 0 fully saturated rings. The number of hydrogen-bond acceptors (Lipinski definition) is 5. The van der Waals surface area contributed by atoms with E-state index in [4.69, 9.17) is 11.2 Å². The van der Waals surface area contributed by atoms with Crippen molar-refractivity contribution in [1.29, 1.82) is 0 Å². The van der Waals surface area contributed by atoms with Crippen LogP contribution < -0.4 is 10.2 Å². The van der Waals surface area contributed by atoms with Crippen LogP contribution in [-0.4, -0.2) is 37.7 Å². The van der Waals surface area contributed by atoms with Crippen molar-refractivity contribution in [2.24, 2.45) is 10.2 Å². The second-order valence-electron chi connectivity index (χ2n) is 6.51. The molecule has 0 radical (unpaired) electrons. The van der Waals surface area contributed by atoms with E-state index in [-0.39, 0.29) is 18.4 Å². The fraction of sp³-hybridized carbons (Fsp3) is 0.474. The lowest BCUT2D eigenvalue weighted by molar-refractivity contribution is -0.122. The molecule has 26 heavy (non-hydrogen) atoms. The molecule has 0 aliphatic carbocycles. The topological polar surface area (TPSA) is 83.4 Å². The number of carbonyl (C=O) groups excluding carboxylic acids is 2. The molecule has 2 aliphatic heterocycles. The number of rotatable bonds is 8. The zero-order chi connectivity index (χ0) is 18.6. The number of amides is 2. The predicted octanol–water partition coefficient (Wildman–Crippen LogP) is 2.52. The molecule has 1 aromatic rings. The van der Waals surface area contributed by atoms with Gasteiger partial charge in [0, 0.05) is 50.7 Å². The molecule has 0 saturated heterocycles. The first kappa shape index (κ1) is 18.1. The Bertz CT molecular complexity index is 775. The van der Waals surface area contributed by atoms with E-state index in [0.29, 0.717) is 32.2 Å². The lowest BCUT2D eigenvalue weighted by atomic mass is 10.0. The summed E-state index contributed by atoms with van der Waals surface area (Å²) in [6, 6.07) is 5.61. The summed E-state index contributed by atoms with van der Waals surface area (Å²) in [6.07, 6.45) is 8.25. The van der Waals surface area contributed by atoms with Crippen LogP contribution in [0.15, 0.2) is 28.4 Å². The first-order valence-corrected chi connectivity index (χ1v) is 8.66. The van der Waals surface area contributed by atoms with Gasteiger partial charge in [0.05, 0.1) is 0 Å². The molecule has 0 spiro atoms. The van der Waals surface area contributed by atoms with Gasteiger partial charge in [-0.2, -0.15) is 10.2 Å². The summed E-state index contributed by atoms with van der Waals surface area (Å²) < 4.78 is 4.92. The van der Waals surface area contributed by atoms with Crippen molar-refractivity contribution in [1.82, 2.24) is 0 Å². The zero-order valence-electron chi connectivity index (χ0n) is 14.8. The van der Waals surface area contributed by atoms with Crippen LogP contribution >= 0.6 is 0 Å². The smallest absolute Gasteiger partial charge is 0.252 e. The first-order chi connectivity index (χ1) is 12.6. The number of nitrogens with zero attached hydrogens (tertiary/aromatic N) is 3. The van der Waals surface area contributed by atoms with E-state index in [2.05, 4.69) is 21.5 Å². The Kier molecular flexibility index (Phi) is 5.33. The van der Waals surface area contributed by atoms with Crippen molar-refractivity contribution in [3.63, 3.8) is 0 Å². The van der Waals surface area contributed by atoms with Gasteiger partial charge in [-0.25, -0.2) is 0 Å². The van der Waals surface area contributed by atoms with Gasteiger partial charge in [0.15, 0.2) is 5.66 Å². The largest absolute Gasteiger partial charge is 0.375 e. The maximum Gasteiger partial charge on any atom is 0.252 e. The fourth-order valence-electron chi connectivity index (χ4n) is 3.15. The van der Waals surface area contributed by atoms with Crippen molar-refractivity contribution in [3.8, 4) is 12.3 Å². The van der Waals surface area contributed by atoms with Gasteiger partial charge in [-0.15, -0.1) is 12.3 Å². The SMILES string of the molecule is C#CCCC1(CCC(=O)Nc2ccc3c(c2)CCN3C(=O)COC)N=N1. The van der Waals surface area contributed by atoms with Crippen molar-refractivity contribution < 1.29 is 14.3 Å². The molecule has 0 aromatic heterocycles. The van der Waals surface area contributed by atoms with Crippen molar-refractivity contribution in [2.75, 3.05) is 30.5 Å². The highest BCUT2D eigenvalue weighted by atomic mass is 16.5. The fourth-order valence-corrected chi connectivity index (χ4v) is 3.15. The highest BCUT2D eigenvalue weighted by Crippen LogP contribution is 2.37. The lowest BCUT2D eigenvalue weighted by Gasteiger charge is -2.17. The van der Waals surface area contributed by atoms with Crippen LogP contribution in [0.5, 0.6) is 0 Å².